The maximum atomic E-state index is 11.2. The predicted molar refractivity (Wildman–Crippen MR) is 103 cm³/mol. The molecule has 2 aliphatic heterocycles. The van der Waals surface area contributed by atoms with Crippen molar-refractivity contribution in [2.24, 2.45) is 5.10 Å². The van der Waals surface area contributed by atoms with Crippen molar-refractivity contribution in [3.8, 4) is 5.75 Å². The van der Waals surface area contributed by atoms with Gasteiger partial charge in [-0.15, -0.1) is 0 Å². The minimum absolute atomic E-state index is 0.00409. The second kappa shape index (κ2) is 6.45. The van der Waals surface area contributed by atoms with Gasteiger partial charge in [-0.25, -0.2) is 5.01 Å². The third-order valence-electron chi connectivity index (χ3n) is 5.06. The molecule has 0 amide bonds. The Hall–Kier alpha value is -3.74. The molecule has 0 unspecified atom stereocenters. The molecule has 0 N–H and O–H groups in total. The van der Waals surface area contributed by atoms with E-state index in [1.54, 1.807) is 24.5 Å². The van der Waals surface area contributed by atoms with Gasteiger partial charge in [-0.3, -0.25) is 15.1 Å². The number of pyridine rings is 1. The van der Waals surface area contributed by atoms with Crippen LogP contribution in [0.1, 0.15) is 35.4 Å². The maximum Gasteiger partial charge on any atom is 0.269 e. The van der Waals surface area contributed by atoms with E-state index in [1.807, 2.05) is 47.5 Å². The minimum Gasteiger partial charge on any atom is -0.464 e. The molecule has 0 radical (unpaired) electrons. The topological polar surface area (TPSA) is 80.9 Å². The van der Waals surface area contributed by atoms with Crippen LogP contribution >= 0.6 is 0 Å². The Kier molecular flexibility index (Phi) is 3.79. The molecule has 0 saturated heterocycles. The number of hydrogen-bond acceptors (Lipinski definition) is 6. The first kappa shape index (κ1) is 16.4. The number of non-ortho nitro benzene ring substituents is 1. The number of ether oxygens (including phenoxy) is 1. The normalized spacial score (nSPS) is 20.0. The fourth-order valence-corrected chi connectivity index (χ4v) is 3.75. The lowest BCUT2D eigenvalue weighted by Crippen LogP contribution is -2.33. The van der Waals surface area contributed by atoms with Crippen LogP contribution in [0.4, 0.5) is 5.69 Å². The molecule has 0 aliphatic carbocycles. The zero-order valence-corrected chi connectivity index (χ0v) is 14.8. The van der Waals surface area contributed by atoms with Crippen molar-refractivity contribution in [2.75, 3.05) is 0 Å². The highest BCUT2D eigenvalue weighted by Crippen LogP contribution is 2.47. The Labute approximate surface area is 161 Å². The SMILES string of the molecule is O=[N+]([O-])c1cccc([C@@H]2Oc3ccccc3[C@@H]3CC(c4cccnc4)=NN32)c1. The van der Waals surface area contributed by atoms with Gasteiger partial charge in [0.2, 0.25) is 6.23 Å². The molecule has 7 nitrogen and oxygen atoms in total. The summed E-state index contributed by atoms with van der Waals surface area (Å²) in [5, 5.41) is 17.9. The minimum atomic E-state index is -0.533. The Morgan fingerprint density at radius 3 is 2.82 bits per heavy atom. The van der Waals surface area contributed by atoms with E-state index in [0.29, 0.717) is 5.56 Å². The van der Waals surface area contributed by atoms with Gasteiger partial charge in [0.1, 0.15) is 5.75 Å². The average Bonchev–Trinajstić information content (AvgIpc) is 3.20. The van der Waals surface area contributed by atoms with Crippen molar-refractivity contribution in [1.29, 1.82) is 0 Å². The van der Waals surface area contributed by atoms with Gasteiger partial charge in [-0.2, -0.15) is 5.10 Å². The summed E-state index contributed by atoms with van der Waals surface area (Å²) in [5.74, 6) is 0.780. The monoisotopic (exact) mass is 372 g/mol. The van der Waals surface area contributed by atoms with Crippen molar-refractivity contribution < 1.29 is 9.66 Å². The number of hydrazone groups is 1. The van der Waals surface area contributed by atoms with Gasteiger partial charge in [0.25, 0.3) is 5.69 Å². The van der Waals surface area contributed by atoms with Crippen LogP contribution in [0.25, 0.3) is 0 Å². The van der Waals surface area contributed by atoms with E-state index in [2.05, 4.69) is 4.98 Å². The first-order valence-corrected chi connectivity index (χ1v) is 8.97. The molecule has 3 heterocycles. The summed E-state index contributed by atoms with van der Waals surface area (Å²) in [7, 11) is 0. The Morgan fingerprint density at radius 1 is 1.11 bits per heavy atom. The first-order valence-electron chi connectivity index (χ1n) is 8.97. The Bertz CT molecular complexity index is 1080. The molecular weight excluding hydrogens is 356 g/mol. The fourth-order valence-electron chi connectivity index (χ4n) is 3.75. The summed E-state index contributed by atoms with van der Waals surface area (Å²) in [4.78, 5) is 15.0. The van der Waals surface area contributed by atoms with Crippen molar-refractivity contribution in [1.82, 2.24) is 9.99 Å². The molecule has 0 fully saturated rings. The second-order valence-corrected chi connectivity index (χ2v) is 6.75. The first-order chi connectivity index (χ1) is 13.7. The van der Waals surface area contributed by atoms with Gasteiger partial charge in [0, 0.05) is 47.6 Å². The summed E-state index contributed by atoms with van der Waals surface area (Å²) >= 11 is 0. The molecule has 3 aromatic rings. The number of rotatable bonds is 3. The zero-order chi connectivity index (χ0) is 19.1. The third kappa shape index (κ3) is 2.68. The van der Waals surface area contributed by atoms with Gasteiger partial charge in [0.05, 0.1) is 16.7 Å². The molecule has 5 rings (SSSR count). The Morgan fingerprint density at radius 2 is 2.00 bits per heavy atom. The van der Waals surface area contributed by atoms with Crippen molar-refractivity contribution >= 4 is 11.4 Å². The van der Waals surface area contributed by atoms with Crippen LogP contribution in [0, 0.1) is 10.1 Å². The van der Waals surface area contributed by atoms with Gasteiger partial charge >= 0.3 is 0 Å². The van der Waals surface area contributed by atoms with E-state index in [9.17, 15) is 10.1 Å². The molecule has 0 saturated carbocycles. The lowest BCUT2D eigenvalue weighted by Gasteiger charge is -2.38. The molecule has 7 heteroatoms. The average molecular weight is 372 g/mol. The number of nitro groups is 1. The number of hydrogen-bond donors (Lipinski definition) is 0. The van der Waals surface area contributed by atoms with Crippen LogP contribution in [0.2, 0.25) is 0 Å². The van der Waals surface area contributed by atoms with Crippen LogP contribution < -0.4 is 4.74 Å². The van der Waals surface area contributed by atoms with Crippen LogP contribution in [0.5, 0.6) is 5.75 Å². The van der Waals surface area contributed by atoms with Gasteiger partial charge < -0.3 is 4.74 Å². The van der Waals surface area contributed by atoms with E-state index in [1.165, 1.54) is 6.07 Å². The van der Waals surface area contributed by atoms with Gasteiger partial charge in [-0.1, -0.05) is 36.4 Å². The quantitative estimate of drug-likeness (QED) is 0.508. The number of nitro benzene ring substituents is 1. The van der Waals surface area contributed by atoms with E-state index >= 15 is 0 Å². The highest BCUT2D eigenvalue weighted by atomic mass is 16.6. The van der Waals surface area contributed by atoms with Crippen LogP contribution in [0.3, 0.4) is 0 Å². The summed E-state index contributed by atoms with van der Waals surface area (Å²) in [6.07, 6.45) is 3.72. The van der Waals surface area contributed by atoms with E-state index in [0.717, 1.165) is 29.0 Å². The Balaban J connectivity index is 1.60. The number of aromatic nitrogens is 1. The van der Waals surface area contributed by atoms with E-state index < -0.39 is 11.2 Å². The van der Waals surface area contributed by atoms with Crippen molar-refractivity contribution in [2.45, 2.75) is 18.7 Å². The summed E-state index contributed by atoms with van der Waals surface area (Å²) in [6, 6.07) is 18.3. The van der Waals surface area contributed by atoms with Crippen LogP contribution in [-0.2, 0) is 0 Å². The lowest BCUT2D eigenvalue weighted by atomic mass is 9.96. The highest BCUT2D eigenvalue weighted by molar-refractivity contribution is 6.01. The number of nitrogens with zero attached hydrogens (tertiary/aromatic N) is 4. The largest absolute Gasteiger partial charge is 0.464 e. The molecule has 0 bridgehead atoms. The van der Waals surface area contributed by atoms with E-state index in [4.69, 9.17) is 9.84 Å². The van der Waals surface area contributed by atoms with Crippen molar-refractivity contribution in [3.63, 3.8) is 0 Å². The number of fused-ring (bicyclic) bond motifs is 3. The third-order valence-corrected chi connectivity index (χ3v) is 5.06. The summed E-state index contributed by atoms with van der Waals surface area (Å²) < 4.78 is 6.23. The lowest BCUT2D eigenvalue weighted by molar-refractivity contribution is -0.385. The molecular formula is C21H16N4O3. The van der Waals surface area contributed by atoms with E-state index in [-0.39, 0.29) is 11.7 Å². The molecule has 138 valence electrons. The summed E-state index contributed by atoms with van der Waals surface area (Å²) in [6.45, 7) is 0. The standard InChI is InChI=1S/C21H16N4O3/c26-25(27)16-7-3-5-14(11-16)21-24-19(17-8-1-2-9-20(17)28-21)12-18(23-24)15-6-4-10-22-13-15/h1-11,13,19,21H,12H2/t19-,21-/m0/s1. The number of para-hydroxylation sites is 1. The molecule has 2 atom stereocenters. The molecule has 0 spiro atoms. The van der Waals surface area contributed by atoms with Crippen LogP contribution in [0.15, 0.2) is 78.2 Å². The van der Waals surface area contributed by atoms with Gasteiger partial charge in [-0.05, 0) is 12.1 Å². The predicted octanol–water partition coefficient (Wildman–Crippen LogP) is 4.23. The molecule has 2 aromatic carbocycles. The van der Waals surface area contributed by atoms with Gasteiger partial charge in [0.15, 0.2) is 0 Å². The molecule has 28 heavy (non-hydrogen) atoms. The molecule has 2 aliphatic rings. The number of benzene rings is 2. The highest BCUT2D eigenvalue weighted by Gasteiger charge is 2.41. The smallest absolute Gasteiger partial charge is 0.269 e. The second-order valence-electron chi connectivity index (χ2n) is 6.75. The maximum absolute atomic E-state index is 11.2. The molecule has 1 aromatic heterocycles. The fraction of sp³-hybridized carbons (Fsp3) is 0.143. The van der Waals surface area contributed by atoms with Crippen molar-refractivity contribution in [3.05, 3.63) is 99.9 Å². The summed E-state index contributed by atoms with van der Waals surface area (Å²) in [5.41, 5.74) is 3.69. The van der Waals surface area contributed by atoms with Crippen LogP contribution in [-0.4, -0.2) is 20.6 Å². The zero-order valence-electron chi connectivity index (χ0n) is 14.8.